The third-order valence-electron chi connectivity index (χ3n) is 5.64. The normalized spacial score (nSPS) is 21.8. The topological polar surface area (TPSA) is 53.4 Å². The van der Waals surface area contributed by atoms with Crippen LogP contribution in [0.25, 0.3) is 0 Å². The molecule has 1 aromatic heterocycles. The Hall–Kier alpha value is -1.76. The van der Waals surface area contributed by atoms with Crippen LogP contribution < -0.4 is 10.2 Å². The number of aryl methyl sites for hydroxylation is 2. The van der Waals surface area contributed by atoms with E-state index in [-0.39, 0.29) is 42.6 Å². The van der Waals surface area contributed by atoms with Crippen molar-refractivity contribution in [2.45, 2.75) is 12.8 Å². The maximum atomic E-state index is 13.1. The van der Waals surface area contributed by atoms with E-state index in [1.807, 2.05) is 29.0 Å². The largest absolute Gasteiger partial charge is 0.368 e. The van der Waals surface area contributed by atoms with Gasteiger partial charge in [0.25, 0.3) is 0 Å². The summed E-state index contributed by atoms with van der Waals surface area (Å²) in [6, 6.07) is 8.60. The number of piperazine rings is 1. The first-order valence-corrected chi connectivity index (χ1v) is 9.41. The van der Waals surface area contributed by atoms with Gasteiger partial charge in [0.1, 0.15) is 0 Å². The van der Waals surface area contributed by atoms with Crippen molar-refractivity contribution in [3.63, 3.8) is 0 Å². The van der Waals surface area contributed by atoms with E-state index < -0.39 is 0 Å². The third-order valence-corrected chi connectivity index (χ3v) is 5.64. The molecule has 2 aliphatic rings. The molecule has 6 nitrogen and oxygen atoms in total. The van der Waals surface area contributed by atoms with Crippen LogP contribution in [0.5, 0.6) is 0 Å². The molecule has 1 aromatic carbocycles. The standard InChI is InChI=1S/C20H27N5O.2ClH/c1-15-4-3-5-17(10-15)24-6-8-25(9-7-24)20(26)19-13-21-12-18(19)16-11-22-23(2)14-16;;/h3-5,10-11,14,18-19,21H,6-9,12-13H2,1-2H3;2*1H/t18-,19+;;/m1../s1. The average molecular weight is 426 g/mol. The summed E-state index contributed by atoms with van der Waals surface area (Å²) in [4.78, 5) is 17.6. The first-order chi connectivity index (χ1) is 12.6. The second-order valence-corrected chi connectivity index (χ2v) is 7.47. The van der Waals surface area contributed by atoms with Crippen molar-refractivity contribution in [3.8, 4) is 0 Å². The third kappa shape index (κ3) is 4.62. The number of nitrogens with zero attached hydrogens (tertiary/aromatic N) is 4. The zero-order chi connectivity index (χ0) is 18.1. The van der Waals surface area contributed by atoms with Crippen LogP contribution in [0.2, 0.25) is 0 Å². The van der Waals surface area contributed by atoms with Gasteiger partial charge >= 0.3 is 0 Å². The second kappa shape index (κ2) is 9.63. The van der Waals surface area contributed by atoms with E-state index in [2.05, 4.69) is 46.5 Å². The van der Waals surface area contributed by atoms with Gasteiger partial charge in [0.15, 0.2) is 0 Å². The highest BCUT2D eigenvalue weighted by Crippen LogP contribution is 2.30. The number of nitrogens with one attached hydrogen (secondary N) is 1. The fourth-order valence-electron chi connectivity index (χ4n) is 4.16. The fourth-order valence-corrected chi connectivity index (χ4v) is 4.16. The Morgan fingerprint density at radius 1 is 1.14 bits per heavy atom. The molecule has 8 heteroatoms. The van der Waals surface area contributed by atoms with Gasteiger partial charge in [-0.05, 0) is 30.2 Å². The average Bonchev–Trinajstić information content (AvgIpc) is 3.30. The van der Waals surface area contributed by atoms with Crippen LogP contribution >= 0.6 is 24.8 Å². The summed E-state index contributed by atoms with van der Waals surface area (Å²) in [5, 5.41) is 7.67. The summed E-state index contributed by atoms with van der Waals surface area (Å²) < 4.78 is 1.82. The number of hydrogen-bond donors (Lipinski definition) is 1. The van der Waals surface area contributed by atoms with E-state index in [4.69, 9.17) is 0 Å². The highest BCUT2D eigenvalue weighted by Gasteiger charge is 2.37. The van der Waals surface area contributed by atoms with Gasteiger partial charge in [-0.3, -0.25) is 9.48 Å². The van der Waals surface area contributed by atoms with Crippen LogP contribution in [0.1, 0.15) is 17.0 Å². The number of halogens is 2. The molecule has 0 bridgehead atoms. The minimum Gasteiger partial charge on any atom is -0.368 e. The van der Waals surface area contributed by atoms with E-state index in [9.17, 15) is 4.79 Å². The number of amides is 1. The van der Waals surface area contributed by atoms with E-state index in [0.717, 1.165) is 44.8 Å². The number of rotatable bonds is 3. The van der Waals surface area contributed by atoms with Crippen molar-refractivity contribution in [2.24, 2.45) is 13.0 Å². The van der Waals surface area contributed by atoms with Crippen LogP contribution in [0.3, 0.4) is 0 Å². The second-order valence-electron chi connectivity index (χ2n) is 7.47. The number of benzene rings is 1. The summed E-state index contributed by atoms with van der Waals surface area (Å²) in [7, 11) is 1.92. The highest BCUT2D eigenvalue weighted by atomic mass is 35.5. The molecule has 0 radical (unpaired) electrons. The lowest BCUT2D eigenvalue weighted by Gasteiger charge is -2.37. The number of carbonyl (C=O) groups excluding carboxylic acids is 1. The molecular weight excluding hydrogens is 397 g/mol. The van der Waals surface area contributed by atoms with E-state index in [0.29, 0.717) is 0 Å². The molecule has 2 atom stereocenters. The Labute approximate surface area is 179 Å². The minimum absolute atomic E-state index is 0. The lowest BCUT2D eigenvalue weighted by atomic mass is 9.89. The van der Waals surface area contributed by atoms with Gasteiger partial charge in [0.05, 0.1) is 12.1 Å². The zero-order valence-electron chi connectivity index (χ0n) is 16.4. The number of aromatic nitrogens is 2. The Morgan fingerprint density at radius 2 is 1.89 bits per heavy atom. The molecule has 1 N–H and O–H groups in total. The lowest BCUT2D eigenvalue weighted by Crippen LogP contribution is -2.51. The predicted molar refractivity (Wildman–Crippen MR) is 117 cm³/mol. The first kappa shape index (κ1) is 22.5. The zero-order valence-corrected chi connectivity index (χ0v) is 18.0. The highest BCUT2D eigenvalue weighted by molar-refractivity contribution is 5.85. The molecule has 4 rings (SSSR count). The molecular formula is C20H29Cl2N5O. The van der Waals surface area contributed by atoms with E-state index in [1.54, 1.807) is 0 Å². The summed E-state index contributed by atoms with van der Waals surface area (Å²) in [5.41, 5.74) is 3.69. The SMILES string of the molecule is Cc1cccc(N2CCN(C(=O)[C@H]3CNC[C@@H]3c3cnn(C)c3)CC2)c1.Cl.Cl. The van der Waals surface area contributed by atoms with E-state index in [1.165, 1.54) is 11.3 Å². The van der Waals surface area contributed by atoms with Crippen molar-refractivity contribution >= 4 is 36.4 Å². The number of anilines is 1. The predicted octanol–water partition coefficient (Wildman–Crippen LogP) is 2.22. The maximum absolute atomic E-state index is 13.1. The van der Waals surface area contributed by atoms with Crippen LogP contribution in [0, 0.1) is 12.8 Å². The van der Waals surface area contributed by atoms with Crippen molar-refractivity contribution < 1.29 is 4.79 Å². The quantitative estimate of drug-likeness (QED) is 0.818. The summed E-state index contributed by atoms with van der Waals surface area (Å²) in [6.07, 6.45) is 3.93. The van der Waals surface area contributed by atoms with Crippen LogP contribution in [0.4, 0.5) is 5.69 Å². The maximum Gasteiger partial charge on any atom is 0.227 e. The number of hydrogen-bond acceptors (Lipinski definition) is 4. The van der Waals surface area contributed by atoms with Crippen LogP contribution in [0.15, 0.2) is 36.7 Å². The Balaban J connectivity index is 0.00000140. The summed E-state index contributed by atoms with van der Waals surface area (Å²) >= 11 is 0. The van der Waals surface area contributed by atoms with E-state index >= 15 is 0 Å². The summed E-state index contributed by atoms with van der Waals surface area (Å²) in [5.74, 6) is 0.531. The van der Waals surface area contributed by atoms with Gasteiger partial charge < -0.3 is 15.1 Å². The van der Waals surface area contributed by atoms with Crippen molar-refractivity contribution in [1.82, 2.24) is 20.0 Å². The Bertz CT molecular complexity index is 788. The van der Waals surface area contributed by atoms with Gasteiger partial charge in [-0.2, -0.15) is 5.10 Å². The van der Waals surface area contributed by atoms with Crippen molar-refractivity contribution in [2.75, 3.05) is 44.2 Å². The smallest absolute Gasteiger partial charge is 0.227 e. The molecule has 2 fully saturated rings. The fraction of sp³-hybridized carbons (Fsp3) is 0.500. The molecule has 0 saturated carbocycles. The van der Waals surface area contributed by atoms with Gasteiger partial charge in [0.2, 0.25) is 5.91 Å². The Morgan fingerprint density at radius 3 is 2.54 bits per heavy atom. The van der Waals surface area contributed by atoms with Gasteiger partial charge in [0, 0.05) is 64.1 Å². The molecule has 2 aromatic rings. The van der Waals surface area contributed by atoms with Gasteiger partial charge in [-0.25, -0.2) is 0 Å². The molecule has 2 saturated heterocycles. The first-order valence-electron chi connectivity index (χ1n) is 9.41. The molecule has 1 amide bonds. The molecule has 154 valence electrons. The van der Waals surface area contributed by atoms with Crippen LogP contribution in [-0.2, 0) is 11.8 Å². The van der Waals surface area contributed by atoms with Crippen LogP contribution in [-0.4, -0.2) is 59.9 Å². The molecule has 28 heavy (non-hydrogen) atoms. The summed E-state index contributed by atoms with van der Waals surface area (Å²) in [6.45, 7) is 7.11. The minimum atomic E-state index is 0. The molecule has 0 spiro atoms. The Kier molecular flexibility index (Phi) is 7.75. The molecule has 2 aliphatic heterocycles. The monoisotopic (exact) mass is 425 g/mol. The van der Waals surface area contributed by atoms with Gasteiger partial charge in [-0.1, -0.05) is 12.1 Å². The van der Waals surface area contributed by atoms with Crippen molar-refractivity contribution in [1.29, 1.82) is 0 Å². The van der Waals surface area contributed by atoms with Crippen molar-refractivity contribution in [3.05, 3.63) is 47.8 Å². The molecule has 3 heterocycles. The lowest BCUT2D eigenvalue weighted by molar-refractivity contribution is -0.135. The molecule has 0 unspecified atom stereocenters. The molecule has 0 aliphatic carbocycles. The number of carbonyl (C=O) groups is 1. The van der Waals surface area contributed by atoms with Gasteiger partial charge in [-0.15, -0.1) is 24.8 Å².